The molecule has 1 heterocycles. The van der Waals surface area contributed by atoms with Crippen molar-refractivity contribution in [1.82, 2.24) is 0 Å². The largest absolute Gasteiger partial charge is 0.493 e. The molecule has 0 saturated carbocycles. The Hall–Kier alpha value is -2.85. The molecule has 24 heavy (non-hydrogen) atoms. The van der Waals surface area contributed by atoms with Crippen LogP contribution in [0.3, 0.4) is 0 Å². The van der Waals surface area contributed by atoms with Gasteiger partial charge < -0.3 is 14.3 Å². The zero-order valence-electron chi connectivity index (χ0n) is 13.4. The fraction of sp³-hybridized carbons (Fsp3) is 0.150. The smallest absolute Gasteiger partial charge is 0.344 e. The van der Waals surface area contributed by atoms with Crippen molar-refractivity contribution in [3.8, 4) is 5.75 Å². The number of ether oxygens (including phenoxy) is 1. The Morgan fingerprint density at radius 1 is 1.00 bits per heavy atom. The van der Waals surface area contributed by atoms with E-state index in [1.165, 1.54) is 7.11 Å². The van der Waals surface area contributed by atoms with Crippen LogP contribution in [0.25, 0.3) is 32.5 Å². The second-order valence-corrected chi connectivity index (χ2v) is 5.84. The molecule has 4 rings (SSSR count). The van der Waals surface area contributed by atoms with Crippen molar-refractivity contribution in [3.05, 3.63) is 64.5 Å². The molecule has 1 N–H and O–H groups in total. The third-order valence-corrected chi connectivity index (χ3v) is 4.42. The molecule has 0 saturated heterocycles. The molecule has 1 atom stereocenters. The molecule has 0 amide bonds. The standard InChI is InChI=1S/C20H16O4/c1-11(21)13-9-10-16(23-2)19-18(13)17-14-6-4-3-5-12(14)7-8-15(17)20(22)24-19/h3-11,21H,1-2H3/t11-/m1/s1. The van der Waals surface area contributed by atoms with Gasteiger partial charge in [0.05, 0.1) is 18.6 Å². The molecular weight excluding hydrogens is 304 g/mol. The maximum absolute atomic E-state index is 12.5. The number of rotatable bonds is 2. The molecule has 120 valence electrons. The van der Waals surface area contributed by atoms with E-state index in [0.717, 1.165) is 21.5 Å². The van der Waals surface area contributed by atoms with Gasteiger partial charge in [-0.1, -0.05) is 36.4 Å². The predicted octanol–water partition coefficient (Wildman–Crippen LogP) is 4.16. The van der Waals surface area contributed by atoms with Crippen LogP contribution in [-0.2, 0) is 0 Å². The van der Waals surface area contributed by atoms with Crippen LogP contribution in [-0.4, -0.2) is 12.2 Å². The molecule has 0 spiro atoms. The molecule has 0 fully saturated rings. The van der Waals surface area contributed by atoms with Gasteiger partial charge in [-0.25, -0.2) is 4.79 Å². The lowest BCUT2D eigenvalue weighted by atomic mass is 9.95. The number of fused-ring (bicyclic) bond motifs is 5. The Bertz CT molecular complexity index is 1140. The number of aliphatic hydroxyl groups is 1. The lowest BCUT2D eigenvalue weighted by Crippen LogP contribution is -2.04. The SMILES string of the molecule is COc1ccc([C@@H](C)O)c2c1oc(=O)c1ccc3ccccc3c12. The molecule has 4 heteroatoms. The van der Waals surface area contributed by atoms with Gasteiger partial charge in [0.2, 0.25) is 0 Å². The molecule has 0 bridgehead atoms. The quantitative estimate of drug-likeness (QED) is 0.445. The molecule has 4 nitrogen and oxygen atoms in total. The fourth-order valence-corrected chi connectivity index (χ4v) is 3.31. The Kier molecular flexibility index (Phi) is 3.28. The van der Waals surface area contributed by atoms with E-state index in [-0.39, 0.29) is 0 Å². The van der Waals surface area contributed by atoms with E-state index < -0.39 is 11.7 Å². The first-order chi connectivity index (χ1) is 11.6. The Morgan fingerprint density at radius 3 is 2.54 bits per heavy atom. The van der Waals surface area contributed by atoms with E-state index in [1.807, 2.05) is 36.4 Å². The van der Waals surface area contributed by atoms with Crippen LogP contribution in [0.4, 0.5) is 0 Å². The highest BCUT2D eigenvalue weighted by Crippen LogP contribution is 2.38. The highest BCUT2D eigenvalue weighted by atomic mass is 16.5. The number of aliphatic hydroxyl groups excluding tert-OH is 1. The first-order valence-corrected chi connectivity index (χ1v) is 7.75. The molecular formula is C20H16O4. The van der Waals surface area contributed by atoms with Crippen LogP contribution in [0.5, 0.6) is 5.75 Å². The maximum atomic E-state index is 12.5. The summed E-state index contributed by atoms with van der Waals surface area (Å²) in [6.45, 7) is 1.70. The Morgan fingerprint density at radius 2 is 1.79 bits per heavy atom. The van der Waals surface area contributed by atoms with E-state index in [9.17, 15) is 9.90 Å². The van der Waals surface area contributed by atoms with Crippen LogP contribution in [0, 0.1) is 0 Å². The topological polar surface area (TPSA) is 59.7 Å². The third-order valence-electron chi connectivity index (χ3n) is 4.42. The summed E-state index contributed by atoms with van der Waals surface area (Å²) >= 11 is 0. The van der Waals surface area contributed by atoms with E-state index in [2.05, 4.69) is 0 Å². The molecule has 0 aliphatic heterocycles. The second-order valence-electron chi connectivity index (χ2n) is 5.84. The zero-order chi connectivity index (χ0) is 16.8. The van der Waals surface area contributed by atoms with Gasteiger partial charge >= 0.3 is 5.63 Å². The number of methoxy groups -OCH3 is 1. The summed E-state index contributed by atoms with van der Waals surface area (Å²) in [5.74, 6) is 0.473. The molecule has 0 aliphatic carbocycles. The van der Waals surface area contributed by atoms with E-state index in [1.54, 1.807) is 19.1 Å². The lowest BCUT2D eigenvalue weighted by Gasteiger charge is -2.14. The first-order valence-electron chi connectivity index (χ1n) is 7.75. The van der Waals surface area contributed by atoms with Crippen LogP contribution in [0.1, 0.15) is 18.6 Å². The van der Waals surface area contributed by atoms with Crippen LogP contribution in [0.2, 0.25) is 0 Å². The van der Waals surface area contributed by atoms with Crippen molar-refractivity contribution in [2.24, 2.45) is 0 Å². The highest BCUT2D eigenvalue weighted by molar-refractivity contribution is 6.20. The summed E-state index contributed by atoms with van der Waals surface area (Å²) < 4.78 is 10.9. The van der Waals surface area contributed by atoms with Gasteiger partial charge in [0.1, 0.15) is 0 Å². The van der Waals surface area contributed by atoms with Gasteiger partial charge in [-0.15, -0.1) is 0 Å². The minimum atomic E-state index is -0.701. The minimum absolute atomic E-state index is 0.366. The summed E-state index contributed by atoms with van der Waals surface area (Å²) in [7, 11) is 1.53. The molecule has 1 aromatic heterocycles. The predicted molar refractivity (Wildman–Crippen MR) is 94.7 cm³/mol. The average Bonchev–Trinajstić information content (AvgIpc) is 2.60. The highest BCUT2D eigenvalue weighted by Gasteiger charge is 2.19. The summed E-state index contributed by atoms with van der Waals surface area (Å²) in [4.78, 5) is 12.5. The van der Waals surface area contributed by atoms with Gasteiger partial charge in [-0.3, -0.25) is 0 Å². The van der Waals surface area contributed by atoms with Crippen LogP contribution < -0.4 is 10.4 Å². The number of hydrogen-bond donors (Lipinski definition) is 1. The second kappa shape index (κ2) is 5.35. The first kappa shape index (κ1) is 14.7. The van der Waals surface area contributed by atoms with E-state index >= 15 is 0 Å². The van der Waals surface area contributed by atoms with E-state index in [0.29, 0.717) is 22.3 Å². The summed E-state index contributed by atoms with van der Waals surface area (Å²) in [6.07, 6.45) is -0.701. The van der Waals surface area contributed by atoms with Gasteiger partial charge in [0.25, 0.3) is 0 Å². The van der Waals surface area contributed by atoms with Gasteiger partial charge in [0.15, 0.2) is 11.3 Å². The van der Waals surface area contributed by atoms with Crippen molar-refractivity contribution in [2.75, 3.05) is 7.11 Å². The molecule has 0 aliphatic rings. The van der Waals surface area contributed by atoms with Gasteiger partial charge in [-0.05, 0) is 35.4 Å². The van der Waals surface area contributed by atoms with Crippen molar-refractivity contribution in [2.45, 2.75) is 13.0 Å². The summed E-state index contributed by atoms with van der Waals surface area (Å²) in [5, 5.41) is 14.2. The summed E-state index contributed by atoms with van der Waals surface area (Å²) in [5.41, 5.74) is 0.657. The molecule has 0 radical (unpaired) electrons. The monoisotopic (exact) mass is 320 g/mol. The Labute approximate surface area is 137 Å². The van der Waals surface area contributed by atoms with Crippen LogP contribution >= 0.6 is 0 Å². The third kappa shape index (κ3) is 2.00. The fourth-order valence-electron chi connectivity index (χ4n) is 3.31. The number of benzene rings is 3. The zero-order valence-corrected chi connectivity index (χ0v) is 13.4. The average molecular weight is 320 g/mol. The maximum Gasteiger partial charge on any atom is 0.344 e. The van der Waals surface area contributed by atoms with E-state index in [4.69, 9.17) is 9.15 Å². The normalized spacial score (nSPS) is 12.8. The number of hydrogen-bond acceptors (Lipinski definition) is 4. The molecule has 0 unspecified atom stereocenters. The van der Waals surface area contributed by atoms with Crippen LogP contribution in [0.15, 0.2) is 57.7 Å². The van der Waals surface area contributed by atoms with Gasteiger partial charge in [-0.2, -0.15) is 0 Å². The summed E-state index contributed by atoms with van der Waals surface area (Å²) in [6, 6.07) is 15.1. The minimum Gasteiger partial charge on any atom is -0.493 e. The van der Waals surface area contributed by atoms with Crippen molar-refractivity contribution >= 4 is 32.5 Å². The molecule has 3 aromatic carbocycles. The molecule has 4 aromatic rings. The van der Waals surface area contributed by atoms with Crippen molar-refractivity contribution < 1.29 is 14.3 Å². The van der Waals surface area contributed by atoms with Crippen molar-refractivity contribution in [3.63, 3.8) is 0 Å². The van der Waals surface area contributed by atoms with Gasteiger partial charge in [0, 0.05) is 10.8 Å². The Balaban J connectivity index is 2.40. The van der Waals surface area contributed by atoms with Crippen molar-refractivity contribution in [1.29, 1.82) is 0 Å². The lowest BCUT2D eigenvalue weighted by molar-refractivity contribution is 0.201.